The van der Waals surface area contributed by atoms with E-state index in [4.69, 9.17) is 9.72 Å². The summed E-state index contributed by atoms with van der Waals surface area (Å²) in [6.45, 7) is 5.71. The van der Waals surface area contributed by atoms with Crippen LogP contribution in [0, 0.1) is 0 Å². The quantitative estimate of drug-likeness (QED) is 0.466. The number of nitrogens with one attached hydrogen (secondary N) is 2. The van der Waals surface area contributed by atoms with Crippen LogP contribution in [0.1, 0.15) is 22.8 Å². The Balaban J connectivity index is 1.33. The lowest BCUT2D eigenvalue weighted by molar-refractivity contribution is 0.181. The first-order valence-corrected chi connectivity index (χ1v) is 10.9. The Morgan fingerprint density at radius 3 is 2.78 bits per heavy atom. The topological polar surface area (TPSA) is 91.8 Å². The molecule has 0 atom stereocenters. The molecule has 0 bridgehead atoms. The number of H-pyrrole nitrogens is 1. The van der Waals surface area contributed by atoms with Gasteiger partial charge in [-0.25, -0.2) is 15.0 Å². The minimum absolute atomic E-state index is 0.465. The second-order valence-corrected chi connectivity index (χ2v) is 8.10. The van der Waals surface area contributed by atoms with Gasteiger partial charge in [0.1, 0.15) is 12.2 Å². The molecular formula is C24H27N7O. The van der Waals surface area contributed by atoms with Gasteiger partial charge in [0.15, 0.2) is 0 Å². The number of aromatic nitrogens is 5. The number of hydrogen-bond acceptors (Lipinski definition) is 7. The van der Waals surface area contributed by atoms with Crippen molar-refractivity contribution in [1.29, 1.82) is 0 Å². The van der Waals surface area contributed by atoms with E-state index in [0.29, 0.717) is 13.0 Å². The average molecular weight is 430 g/mol. The van der Waals surface area contributed by atoms with E-state index in [1.54, 1.807) is 13.4 Å². The first-order valence-electron chi connectivity index (χ1n) is 10.9. The summed E-state index contributed by atoms with van der Waals surface area (Å²) >= 11 is 0. The van der Waals surface area contributed by atoms with Crippen LogP contribution in [-0.2, 0) is 24.3 Å². The van der Waals surface area contributed by atoms with Crippen LogP contribution in [-0.4, -0.2) is 63.1 Å². The molecule has 4 heterocycles. The largest absolute Gasteiger partial charge is 0.378 e. The molecular weight excluding hydrogens is 402 g/mol. The lowest BCUT2D eigenvalue weighted by Gasteiger charge is -2.27. The lowest BCUT2D eigenvalue weighted by atomic mass is 10.1. The van der Waals surface area contributed by atoms with Gasteiger partial charge in [-0.15, -0.1) is 0 Å². The second-order valence-electron chi connectivity index (χ2n) is 8.10. The number of benzene rings is 1. The molecule has 0 spiro atoms. The van der Waals surface area contributed by atoms with Crippen molar-refractivity contribution in [2.45, 2.75) is 19.6 Å². The molecule has 1 aliphatic heterocycles. The molecule has 8 nitrogen and oxygen atoms in total. The molecule has 0 unspecified atom stereocenters. The van der Waals surface area contributed by atoms with E-state index >= 15 is 0 Å². The van der Waals surface area contributed by atoms with Crippen LogP contribution in [0.5, 0.6) is 0 Å². The molecule has 32 heavy (non-hydrogen) atoms. The Labute approximate surface area is 187 Å². The van der Waals surface area contributed by atoms with Crippen LogP contribution < -0.4 is 5.32 Å². The van der Waals surface area contributed by atoms with Gasteiger partial charge in [0, 0.05) is 63.7 Å². The summed E-state index contributed by atoms with van der Waals surface area (Å²) < 4.78 is 5.18. The van der Waals surface area contributed by atoms with E-state index in [1.165, 1.54) is 5.56 Å². The van der Waals surface area contributed by atoms with Gasteiger partial charge in [-0.2, -0.15) is 0 Å². The zero-order chi connectivity index (χ0) is 21.8. The summed E-state index contributed by atoms with van der Waals surface area (Å²) in [7, 11) is 1.66. The number of fused-ring (bicyclic) bond motifs is 1. The zero-order valence-electron chi connectivity index (χ0n) is 18.2. The SMILES string of the molecule is COCc1cc(-c2ccc3nc(Cc4cc(CN5CCNCC5)ccn4)[nH]c3c2)ncn1. The predicted molar refractivity (Wildman–Crippen MR) is 123 cm³/mol. The molecule has 0 radical (unpaired) electrons. The second kappa shape index (κ2) is 9.52. The average Bonchev–Trinajstić information content (AvgIpc) is 3.22. The molecule has 1 saturated heterocycles. The standard InChI is InChI=1S/C24H27N7O/c1-32-15-20-12-22(28-16-27-20)18-2-3-21-23(11-18)30-24(29-21)13-19-10-17(4-5-26-19)14-31-8-6-25-7-9-31/h2-5,10-12,16,25H,6-9,13-15H2,1H3,(H,29,30). The van der Waals surface area contributed by atoms with Crippen molar-refractivity contribution in [3.63, 3.8) is 0 Å². The highest BCUT2D eigenvalue weighted by Gasteiger charge is 2.12. The molecule has 164 valence electrons. The summed E-state index contributed by atoms with van der Waals surface area (Å²) in [6, 6.07) is 12.4. The van der Waals surface area contributed by atoms with Crippen molar-refractivity contribution in [2.24, 2.45) is 0 Å². The van der Waals surface area contributed by atoms with Gasteiger partial charge in [-0.1, -0.05) is 6.07 Å². The van der Waals surface area contributed by atoms with Crippen molar-refractivity contribution in [2.75, 3.05) is 33.3 Å². The molecule has 1 aliphatic rings. The minimum atomic E-state index is 0.465. The zero-order valence-corrected chi connectivity index (χ0v) is 18.2. The van der Waals surface area contributed by atoms with Crippen LogP contribution in [0.2, 0.25) is 0 Å². The Kier molecular flexibility index (Phi) is 6.15. The number of ether oxygens (including phenoxy) is 1. The molecule has 2 N–H and O–H groups in total. The summed E-state index contributed by atoms with van der Waals surface area (Å²) in [6.07, 6.45) is 4.15. The highest BCUT2D eigenvalue weighted by molar-refractivity contribution is 5.81. The maximum atomic E-state index is 5.18. The van der Waals surface area contributed by atoms with Gasteiger partial charge in [0.25, 0.3) is 0 Å². The van der Waals surface area contributed by atoms with Crippen LogP contribution in [0.3, 0.4) is 0 Å². The van der Waals surface area contributed by atoms with Crippen molar-refractivity contribution >= 4 is 11.0 Å². The minimum Gasteiger partial charge on any atom is -0.378 e. The molecule has 0 saturated carbocycles. The number of hydrogen-bond donors (Lipinski definition) is 2. The van der Waals surface area contributed by atoms with E-state index in [1.807, 2.05) is 24.4 Å². The Bertz CT molecular complexity index is 1200. The Hall–Kier alpha value is -3.20. The van der Waals surface area contributed by atoms with Crippen molar-refractivity contribution < 1.29 is 4.74 Å². The molecule has 4 aromatic rings. The van der Waals surface area contributed by atoms with Gasteiger partial charge in [-0.3, -0.25) is 9.88 Å². The summed E-state index contributed by atoms with van der Waals surface area (Å²) in [5.41, 5.74) is 6.99. The molecule has 8 heteroatoms. The predicted octanol–water partition coefficient (Wildman–Crippen LogP) is 2.56. The number of piperazine rings is 1. The summed E-state index contributed by atoms with van der Waals surface area (Å²) in [4.78, 5) is 23.9. The van der Waals surface area contributed by atoms with Crippen LogP contribution in [0.15, 0.2) is 48.9 Å². The van der Waals surface area contributed by atoms with E-state index < -0.39 is 0 Å². The number of pyridine rings is 1. The number of aromatic amines is 1. The monoisotopic (exact) mass is 429 g/mol. The van der Waals surface area contributed by atoms with E-state index in [9.17, 15) is 0 Å². The van der Waals surface area contributed by atoms with Crippen LogP contribution in [0.25, 0.3) is 22.3 Å². The molecule has 1 aromatic carbocycles. The van der Waals surface area contributed by atoms with Gasteiger partial charge in [0.05, 0.1) is 29.0 Å². The van der Waals surface area contributed by atoms with Crippen LogP contribution in [0.4, 0.5) is 0 Å². The van der Waals surface area contributed by atoms with E-state index in [-0.39, 0.29) is 0 Å². The fourth-order valence-corrected chi connectivity index (χ4v) is 4.11. The molecule has 0 amide bonds. The third-order valence-corrected chi connectivity index (χ3v) is 5.69. The fraction of sp³-hybridized carbons (Fsp3) is 0.333. The van der Waals surface area contributed by atoms with Crippen molar-refractivity contribution in [3.05, 3.63) is 71.7 Å². The number of imidazole rings is 1. The number of nitrogens with zero attached hydrogens (tertiary/aromatic N) is 5. The lowest BCUT2D eigenvalue weighted by Crippen LogP contribution is -2.42. The van der Waals surface area contributed by atoms with Gasteiger partial charge in [0.2, 0.25) is 0 Å². The van der Waals surface area contributed by atoms with Gasteiger partial charge in [-0.05, 0) is 35.9 Å². The summed E-state index contributed by atoms with van der Waals surface area (Å²) in [5, 5.41) is 3.40. The smallest absolute Gasteiger partial charge is 0.116 e. The van der Waals surface area contributed by atoms with Gasteiger partial charge >= 0.3 is 0 Å². The van der Waals surface area contributed by atoms with Crippen molar-refractivity contribution in [1.82, 2.24) is 35.1 Å². The van der Waals surface area contributed by atoms with Crippen LogP contribution >= 0.6 is 0 Å². The maximum absolute atomic E-state index is 5.18. The first-order chi connectivity index (χ1) is 15.8. The normalized spacial score (nSPS) is 14.8. The highest BCUT2D eigenvalue weighted by atomic mass is 16.5. The fourth-order valence-electron chi connectivity index (χ4n) is 4.11. The summed E-state index contributed by atoms with van der Waals surface area (Å²) in [5.74, 6) is 0.909. The first kappa shape index (κ1) is 20.7. The Morgan fingerprint density at radius 1 is 1.00 bits per heavy atom. The third-order valence-electron chi connectivity index (χ3n) is 5.69. The van der Waals surface area contributed by atoms with Gasteiger partial charge < -0.3 is 15.0 Å². The number of rotatable bonds is 7. The maximum Gasteiger partial charge on any atom is 0.116 e. The highest BCUT2D eigenvalue weighted by Crippen LogP contribution is 2.23. The molecule has 1 fully saturated rings. The van der Waals surface area contributed by atoms with Crippen molar-refractivity contribution in [3.8, 4) is 11.3 Å². The van der Waals surface area contributed by atoms with E-state index in [2.05, 4.69) is 48.4 Å². The molecule has 3 aromatic heterocycles. The number of methoxy groups -OCH3 is 1. The molecule has 0 aliphatic carbocycles. The molecule has 5 rings (SSSR count). The third kappa shape index (κ3) is 4.83. The van der Waals surface area contributed by atoms with E-state index in [0.717, 1.165) is 72.2 Å². The Morgan fingerprint density at radius 2 is 1.91 bits per heavy atom.